The number of hydrogen-bond acceptors (Lipinski definition) is 5. The monoisotopic (exact) mass is 298 g/mol. The zero-order chi connectivity index (χ0) is 16.1. The van der Waals surface area contributed by atoms with E-state index in [9.17, 15) is 0 Å². The van der Waals surface area contributed by atoms with Gasteiger partial charge >= 0.3 is 0 Å². The highest BCUT2D eigenvalue weighted by molar-refractivity contribution is 5.01. The third-order valence-electron chi connectivity index (χ3n) is 6.10. The molecule has 5 nitrogen and oxygen atoms in total. The minimum absolute atomic E-state index is 0.172. The van der Waals surface area contributed by atoms with Gasteiger partial charge in [0.2, 0.25) is 0 Å². The molecule has 0 radical (unpaired) electrons. The lowest BCUT2D eigenvalue weighted by atomic mass is 9.69. The fraction of sp³-hybridized carbons (Fsp3) is 1.00. The highest BCUT2D eigenvalue weighted by Gasteiger charge is 2.49. The Labute approximate surface area is 129 Å². The van der Waals surface area contributed by atoms with Crippen molar-refractivity contribution in [3.8, 4) is 0 Å². The lowest BCUT2D eigenvalue weighted by Gasteiger charge is -2.54. The molecule has 2 rings (SSSR count). The molecule has 8 N–H and O–H groups in total. The SMILES string of the molecule is CC1CC(N)(N)CCC1(C)OC1(C)CCC(N)(N)CC1C. The second-order valence-corrected chi connectivity index (χ2v) is 8.40. The van der Waals surface area contributed by atoms with Gasteiger partial charge < -0.3 is 27.7 Å². The highest BCUT2D eigenvalue weighted by Crippen LogP contribution is 2.46. The first kappa shape index (κ1) is 17.2. The molecule has 0 saturated heterocycles. The molecule has 0 spiro atoms. The van der Waals surface area contributed by atoms with Gasteiger partial charge in [-0.2, -0.15) is 0 Å². The highest BCUT2D eigenvalue weighted by atomic mass is 16.5. The lowest BCUT2D eigenvalue weighted by Crippen LogP contribution is -2.63. The van der Waals surface area contributed by atoms with Crippen LogP contribution in [0.5, 0.6) is 0 Å². The molecule has 2 aliphatic carbocycles. The number of ether oxygens (including phenoxy) is 1. The summed E-state index contributed by atoms with van der Waals surface area (Å²) in [5, 5.41) is 0. The van der Waals surface area contributed by atoms with Crippen LogP contribution in [0.15, 0.2) is 0 Å². The normalized spacial score (nSPS) is 46.3. The molecule has 0 heterocycles. The van der Waals surface area contributed by atoms with Crippen molar-refractivity contribution in [3.63, 3.8) is 0 Å². The molecule has 0 aliphatic heterocycles. The van der Waals surface area contributed by atoms with Crippen molar-refractivity contribution in [2.75, 3.05) is 0 Å². The van der Waals surface area contributed by atoms with Gasteiger partial charge in [-0.1, -0.05) is 13.8 Å². The fourth-order valence-corrected chi connectivity index (χ4v) is 4.07. The lowest BCUT2D eigenvalue weighted by molar-refractivity contribution is -0.215. The Morgan fingerprint density at radius 3 is 1.33 bits per heavy atom. The zero-order valence-corrected chi connectivity index (χ0v) is 14.1. The maximum atomic E-state index is 6.70. The van der Waals surface area contributed by atoms with E-state index in [1.165, 1.54) is 0 Å². The van der Waals surface area contributed by atoms with Crippen LogP contribution in [0, 0.1) is 11.8 Å². The first-order valence-electron chi connectivity index (χ1n) is 8.23. The van der Waals surface area contributed by atoms with Crippen molar-refractivity contribution >= 4 is 0 Å². The van der Waals surface area contributed by atoms with Gasteiger partial charge in [0, 0.05) is 0 Å². The molecule has 5 heteroatoms. The Morgan fingerprint density at radius 1 is 0.714 bits per heavy atom. The Balaban J connectivity index is 2.10. The summed E-state index contributed by atoms with van der Waals surface area (Å²) in [5.74, 6) is 0.681. The average molecular weight is 298 g/mol. The Morgan fingerprint density at radius 2 is 1.05 bits per heavy atom. The first-order valence-corrected chi connectivity index (χ1v) is 8.23. The van der Waals surface area contributed by atoms with E-state index in [1.807, 2.05) is 0 Å². The molecular formula is C16H34N4O. The van der Waals surface area contributed by atoms with Crippen molar-refractivity contribution < 1.29 is 4.74 Å². The van der Waals surface area contributed by atoms with Crippen LogP contribution < -0.4 is 22.9 Å². The summed E-state index contributed by atoms with van der Waals surface area (Å²) in [7, 11) is 0. The summed E-state index contributed by atoms with van der Waals surface area (Å²) >= 11 is 0. The second-order valence-electron chi connectivity index (χ2n) is 8.40. The first-order chi connectivity index (χ1) is 9.38. The maximum Gasteiger partial charge on any atom is 0.0689 e. The number of nitrogens with two attached hydrogens (primary N) is 4. The Bertz CT molecular complexity index is 362. The molecule has 2 saturated carbocycles. The van der Waals surface area contributed by atoms with Crippen LogP contribution in [0.3, 0.4) is 0 Å². The number of hydrogen-bond donors (Lipinski definition) is 4. The molecular weight excluding hydrogens is 264 g/mol. The van der Waals surface area contributed by atoms with E-state index >= 15 is 0 Å². The maximum absolute atomic E-state index is 6.70. The molecule has 0 aromatic carbocycles. The van der Waals surface area contributed by atoms with Gasteiger partial charge in [0.15, 0.2) is 0 Å². The van der Waals surface area contributed by atoms with Crippen LogP contribution in [-0.2, 0) is 4.74 Å². The predicted molar refractivity (Wildman–Crippen MR) is 86.1 cm³/mol. The zero-order valence-electron chi connectivity index (χ0n) is 14.1. The summed E-state index contributed by atoms with van der Waals surface area (Å²) < 4.78 is 6.70. The van der Waals surface area contributed by atoms with Gasteiger partial charge in [-0.3, -0.25) is 0 Å². The topological polar surface area (TPSA) is 113 Å². The van der Waals surface area contributed by atoms with E-state index in [1.54, 1.807) is 0 Å². The summed E-state index contributed by atoms with van der Waals surface area (Å²) in [6.45, 7) is 8.80. The van der Waals surface area contributed by atoms with Crippen LogP contribution in [0.4, 0.5) is 0 Å². The third-order valence-corrected chi connectivity index (χ3v) is 6.10. The van der Waals surface area contributed by atoms with E-state index in [0.29, 0.717) is 11.8 Å². The van der Waals surface area contributed by atoms with Gasteiger partial charge in [-0.05, 0) is 64.2 Å². The largest absolute Gasteiger partial charge is 0.369 e. The van der Waals surface area contributed by atoms with E-state index in [0.717, 1.165) is 38.5 Å². The number of rotatable bonds is 2. The van der Waals surface area contributed by atoms with Crippen LogP contribution in [-0.4, -0.2) is 22.5 Å². The van der Waals surface area contributed by atoms with E-state index < -0.39 is 11.3 Å². The molecule has 0 aromatic rings. The summed E-state index contributed by atoms with van der Waals surface area (Å²) in [5.41, 5.74) is 23.0. The van der Waals surface area contributed by atoms with E-state index in [-0.39, 0.29) is 11.2 Å². The van der Waals surface area contributed by atoms with Crippen LogP contribution in [0.25, 0.3) is 0 Å². The molecule has 2 fully saturated rings. The smallest absolute Gasteiger partial charge is 0.0689 e. The van der Waals surface area contributed by atoms with Crippen molar-refractivity contribution in [2.24, 2.45) is 34.8 Å². The van der Waals surface area contributed by atoms with E-state index in [4.69, 9.17) is 27.7 Å². The van der Waals surface area contributed by atoms with Crippen molar-refractivity contribution in [1.82, 2.24) is 0 Å². The van der Waals surface area contributed by atoms with Gasteiger partial charge in [-0.25, -0.2) is 0 Å². The average Bonchev–Trinajstić information content (AvgIpc) is 2.30. The van der Waals surface area contributed by atoms with Gasteiger partial charge in [-0.15, -0.1) is 0 Å². The van der Waals surface area contributed by atoms with Crippen molar-refractivity contribution in [3.05, 3.63) is 0 Å². The summed E-state index contributed by atoms with van der Waals surface area (Å²) in [6.07, 6.45) is 5.00. The fourth-order valence-electron chi connectivity index (χ4n) is 4.07. The molecule has 0 amide bonds. The Kier molecular flexibility index (Phi) is 4.22. The van der Waals surface area contributed by atoms with Crippen molar-refractivity contribution in [2.45, 2.75) is 88.7 Å². The minimum Gasteiger partial charge on any atom is -0.369 e. The minimum atomic E-state index is -0.551. The molecule has 0 aromatic heterocycles. The van der Waals surface area contributed by atoms with Crippen molar-refractivity contribution in [1.29, 1.82) is 0 Å². The van der Waals surface area contributed by atoms with E-state index in [2.05, 4.69) is 27.7 Å². The predicted octanol–water partition coefficient (Wildman–Crippen LogP) is 1.39. The van der Waals surface area contributed by atoms with Gasteiger partial charge in [0.1, 0.15) is 0 Å². The summed E-state index contributed by atoms with van der Waals surface area (Å²) in [4.78, 5) is 0. The second kappa shape index (κ2) is 5.17. The van der Waals surface area contributed by atoms with Crippen LogP contribution >= 0.6 is 0 Å². The summed E-state index contributed by atoms with van der Waals surface area (Å²) in [6, 6.07) is 0. The molecule has 2 aliphatic rings. The van der Waals surface area contributed by atoms with Crippen LogP contribution in [0.2, 0.25) is 0 Å². The quantitative estimate of drug-likeness (QED) is 0.575. The van der Waals surface area contributed by atoms with Gasteiger partial charge in [0.05, 0.1) is 22.5 Å². The molecule has 0 bridgehead atoms. The Hall–Kier alpha value is -0.200. The molecule has 4 unspecified atom stereocenters. The van der Waals surface area contributed by atoms with Gasteiger partial charge in [0.25, 0.3) is 0 Å². The van der Waals surface area contributed by atoms with Crippen LogP contribution in [0.1, 0.15) is 66.2 Å². The third kappa shape index (κ3) is 3.59. The standard InChI is InChI=1S/C16H34N4O/c1-11-9-15(17,18)7-5-13(11,3)21-14(4)6-8-16(19,20)10-12(14)2/h11-12H,5-10,17-20H2,1-4H3. The molecule has 21 heavy (non-hydrogen) atoms. The molecule has 124 valence electrons. The molecule has 4 atom stereocenters.